The lowest BCUT2D eigenvalue weighted by Crippen LogP contribution is -2.45. The molecule has 8 heteroatoms. The summed E-state index contributed by atoms with van der Waals surface area (Å²) in [6.45, 7) is 2.51. The fourth-order valence-electron chi connectivity index (χ4n) is 4.34. The maximum absolute atomic E-state index is 13.3. The molecule has 1 amide bonds. The molecular weight excluding hydrogens is 447 g/mol. The zero-order valence-electron chi connectivity index (χ0n) is 19.7. The van der Waals surface area contributed by atoms with Gasteiger partial charge in [0.05, 0.1) is 24.9 Å². The molecule has 1 aliphatic heterocycles. The Kier molecular flexibility index (Phi) is 7.46. The number of amides is 1. The molecule has 0 spiro atoms. The van der Waals surface area contributed by atoms with E-state index in [0.29, 0.717) is 35.7 Å². The number of methoxy groups -OCH3 is 1. The van der Waals surface area contributed by atoms with Gasteiger partial charge in [-0.15, -0.1) is 0 Å². The lowest BCUT2D eigenvalue weighted by molar-refractivity contribution is 0.0714. The van der Waals surface area contributed by atoms with Gasteiger partial charge in [-0.25, -0.2) is 4.39 Å². The summed E-state index contributed by atoms with van der Waals surface area (Å²) in [5.41, 5.74) is 2.82. The van der Waals surface area contributed by atoms with Crippen LogP contribution in [0, 0.1) is 11.3 Å². The number of carbonyl (C=O) groups excluding carboxylic acids is 1. The Morgan fingerprint density at radius 3 is 2.43 bits per heavy atom. The Morgan fingerprint density at radius 2 is 1.83 bits per heavy atom. The van der Waals surface area contributed by atoms with Gasteiger partial charge in [0, 0.05) is 49.6 Å². The molecule has 180 valence electrons. The topological polar surface area (TPSA) is 78.7 Å². The van der Waals surface area contributed by atoms with E-state index in [2.05, 4.69) is 16.0 Å². The van der Waals surface area contributed by atoms with Crippen LogP contribution >= 0.6 is 0 Å². The number of pyridine rings is 1. The van der Waals surface area contributed by atoms with E-state index in [9.17, 15) is 9.18 Å². The van der Waals surface area contributed by atoms with Crippen molar-refractivity contribution >= 4 is 17.3 Å². The molecule has 1 fully saturated rings. The highest BCUT2D eigenvalue weighted by molar-refractivity contribution is 5.94. The van der Waals surface area contributed by atoms with Crippen molar-refractivity contribution in [1.82, 2.24) is 9.88 Å². The van der Waals surface area contributed by atoms with Gasteiger partial charge < -0.3 is 19.3 Å². The summed E-state index contributed by atoms with van der Waals surface area (Å²) < 4.78 is 24.0. The highest BCUT2D eigenvalue weighted by Crippen LogP contribution is 2.38. The Hall–Kier alpha value is -4.12. The molecule has 0 N–H and O–H groups in total. The smallest absolute Gasteiger partial charge is 0.253 e. The third-order valence-electron chi connectivity index (χ3n) is 6.03. The number of likely N-dealkylation sites (tertiary alicyclic amines) is 1. The van der Waals surface area contributed by atoms with Gasteiger partial charge in [-0.1, -0.05) is 0 Å². The van der Waals surface area contributed by atoms with E-state index in [-0.39, 0.29) is 11.9 Å². The first-order valence-corrected chi connectivity index (χ1v) is 11.5. The summed E-state index contributed by atoms with van der Waals surface area (Å²) in [5, 5.41) is 8.99. The van der Waals surface area contributed by atoms with Crippen LogP contribution in [0.4, 0.5) is 15.8 Å². The quantitative estimate of drug-likeness (QED) is 0.474. The third-order valence-corrected chi connectivity index (χ3v) is 6.03. The lowest BCUT2D eigenvalue weighted by Gasteiger charge is -2.40. The fraction of sp³-hybridized carbons (Fsp3) is 0.296. The van der Waals surface area contributed by atoms with Crippen molar-refractivity contribution in [2.75, 3.05) is 25.1 Å². The largest absolute Gasteiger partial charge is 0.494 e. The molecule has 0 radical (unpaired) electrons. The molecule has 3 aromatic rings. The second-order valence-electron chi connectivity index (χ2n) is 8.28. The van der Waals surface area contributed by atoms with Crippen LogP contribution in [-0.2, 0) is 0 Å². The number of ether oxygens (including phenoxy) is 2. The molecule has 7 nitrogen and oxygen atoms in total. The monoisotopic (exact) mass is 474 g/mol. The summed E-state index contributed by atoms with van der Waals surface area (Å²) in [7, 11) is 1.62. The van der Waals surface area contributed by atoms with Crippen LogP contribution in [0.2, 0.25) is 0 Å². The molecule has 2 heterocycles. The highest BCUT2D eigenvalue weighted by atomic mass is 19.1. The van der Waals surface area contributed by atoms with E-state index in [1.807, 2.05) is 23.1 Å². The van der Waals surface area contributed by atoms with Gasteiger partial charge >= 0.3 is 0 Å². The number of halogens is 1. The molecule has 1 aliphatic rings. The number of hydrogen-bond donors (Lipinski definition) is 0. The Bertz CT molecular complexity index is 1180. The average molecular weight is 475 g/mol. The van der Waals surface area contributed by atoms with Crippen LogP contribution < -0.4 is 14.4 Å². The summed E-state index contributed by atoms with van der Waals surface area (Å²) in [4.78, 5) is 21.3. The Balaban J connectivity index is 1.55. The second-order valence-corrected chi connectivity index (χ2v) is 8.28. The van der Waals surface area contributed by atoms with Crippen molar-refractivity contribution in [3.05, 3.63) is 78.1 Å². The standard InChI is InChI=1S/C27H27FN4O3/c1-19(28)35-24-9-7-22(8-10-24)32(25-18-30-14-11-26(25)34-2)23-12-15-31(16-13-23)27(33)21-5-3-20(17-29)4-6-21/h3-11,14,18-19,23H,12-13,15-16H2,1-2H3. The number of carbonyl (C=O) groups is 1. The molecule has 1 saturated heterocycles. The van der Waals surface area contributed by atoms with Crippen LogP contribution in [0.15, 0.2) is 67.0 Å². The van der Waals surface area contributed by atoms with Crippen molar-refractivity contribution in [1.29, 1.82) is 5.26 Å². The molecule has 1 atom stereocenters. The minimum absolute atomic E-state index is 0.0414. The molecular formula is C27H27FN4O3. The van der Waals surface area contributed by atoms with Crippen LogP contribution in [0.25, 0.3) is 0 Å². The number of anilines is 2. The third kappa shape index (κ3) is 5.52. The first-order valence-electron chi connectivity index (χ1n) is 11.5. The van der Waals surface area contributed by atoms with E-state index in [1.54, 1.807) is 55.9 Å². The zero-order chi connectivity index (χ0) is 24.8. The number of rotatable bonds is 7. The number of alkyl halides is 1. The summed E-state index contributed by atoms with van der Waals surface area (Å²) in [6, 6.07) is 17.9. The highest BCUT2D eigenvalue weighted by Gasteiger charge is 2.30. The van der Waals surface area contributed by atoms with Gasteiger partial charge in [0.25, 0.3) is 5.91 Å². The number of nitriles is 1. The molecule has 0 aliphatic carbocycles. The van der Waals surface area contributed by atoms with Crippen molar-refractivity contribution in [3.8, 4) is 17.6 Å². The summed E-state index contributed by atoms with van der Waals surface area (Å²) in [6.07, 6.45) is 3.52. The van der Waals surface area contributed by atoms with Gasteiger partial charge in [0.2, 0.25) is 6.36 Å². The fourth-order valence-corrected chi connectivity index (χ4v) is 4.34. The maximum atomic E-state index is 13.3. The van der Waals surface area contributed by atoms with Crippen molar-refractivity contribution in [3.63, 3.8) is 0 Å². The van der Waals surface area contributed by atoms with E-state index < -0.39 is 6.36 Å². The number of hydrogen-bond acceptors (Lipinski definition) is 6. The number of aromatic nitrogens is 1. The number of piperidine rings is 1. The van der Waals surface area contributed by atoms with Gasteiger partial charge in [-0.05, 0) is 61.4 Å². The second kappa shape index (κ2) is 10.9. The van der Waals surface area contributed by atoms with Crippen LogP contribution in [0.1, 0.15) is 35.7 Å². The zero-order valence-corrected chi connectivity index (χ0v) is 19.7. The molecule has 1 unspecified atom stereocenters. The van der Waals surface area contributed by atoms with E-state index in [0.717, 1.165) is 24.2 Å². The van der Waals surface area contributed by atoms with E-state index >= 15 is 0 Å². The molecule has 4 rings (SSSR count). The minimum Gasteiger partial charge on any atom is -0.494 e. The van der Waals surface area contributed by atoms with E-state index in [4.69, 9.17) is 14.7 Å². The van der Waals surface area contributed by atoms with Crippen molar-refractivity contribution in [2.24, 2.45) is 0 Å². The summed E-state index contributed by atoms with van der Waals surface area (Å²) in [5.74, 6) is 1.10. The molecule has 2 aromatic carbocycles. The molecule has 35 heavy (non-hydrogen) atoms. The maximum Gasteiger partial charge on any atom is 0.253 e. The predicted molar refractivity (Wildman–Crippen MR) is 131 cm³/mol. The van der Waals surface area contributed by atoms with E-state index in [1.165, 1.54) is 6.92 Å². The first kappa shape index (κ1) is 24.0. The predicted octanol–water partition coefficient (Wildman–Crippen LogP) is 5.10. The van der Waals surface area contributed by atoms with Gasteiger partial charge in [-0.3, -0.25) is 9.78 Å². The van der Waals surface area contributed by atoms with Crippen molar-refractivity contribution < 1.29 is 18.7 Å². The van der Waals surface area contributed by atoms with Crippen molar-refractivity contribution in [2.45, 2.75) is 32.2 Å². The summed E-state index contributed by atoms with van der Waals surface area (Å²) >= 11 is 0. The normalized spacial score (nSPS) is 14.6. The van der Waals surface area contributed by atoms with Crippen LogP contribution in [0.5, 0.6) is 11.5 Å². The van der Waals surface area contributed by atoms with Gasteiger partial charge in [-0.2, -0.15) is 5.26 Å². The van der Waals surface area contributed by atoms with Crippen LogP contribution in [-0.4, -0.2) is 48.4 Å². The molecule has 1 aromatic heterocycles. The Morgan fingerprint density at radius 1 is 1.14 bits per heavy atom. The minimum atomic E-state index is -1.40. The average Bonchev–Trinajstić information content (AvgIpc) is 2.90. The van der Waals surface area contributed by atoms with Gasteiger partial charge in [0.1, 0.15) is 17.2 Å². The number of nitrogens with zero attached hydrogens (tertiary/aromatic N) is 4. The molecule has 0 bridgehead atoms. The van der Waals surface area contributed by atoms with Gasteiger partial charge in [0.15, 0.2) is 0 Å². The Labute approximate surface area is 204 Å². The lowest BCUT2D eigenvalue weighted by atomic mass is 10.00. The number of benzene rings is 2. The SMILES string of the molecule is COc1ccncc1N(c1ccc(OC(C)F)cc1)C1CCN(C(=O)c2ccc(C#N)cc2)CC1. The molecule has 0 saturated carbocycles. The first-order chi connectivity index (χ1) is 17.0. The van der Waals surface area contributed by atoms with Crippen LogP contribution in [0.3, 0.4) is 0 Å².